The molecule has 1 amide bonds. The average molecular weight is 226 g/mol. The van der Waals surface area contributed by atoms with E-state index < -0.39 is 5.60 Å². The second-order valence-corrected chi connectivity index (χ2v) is 5.61. The standard InChI is InChI=1S/C11H18N2O3/c1-8-5-11(16-12-8)6-13(7-11)9(14)15-10(2,3)4/h5-7H2,1-4H3. The molecule has 2 aliphatic heterocycles. The van der Waals surface area contributed by atoms with Crippen molar-refractivity contribution in [3.63, 3.8) is 0 Å². The summed E-state index contributed by atoms with van der Waals surface area (Å²) < 4.78 is 5.27. The Bertz CT molecular complexity index is 338. The lowest BCUT2D eigenvalue weighted by atomic mass is 9.90. The van der Waals surface area contributed by atoms with Crippen molar-refractivity contribution in [2.75, 3.05) is 13.1 Å². The lowest BCUT2D eigenvalue weighted by molar-refractivity contribution is -0.122. The fraction of sp³-hybridized carbons (Fsp3) is 0.818. The molecule has 0 aromatic heterocycles. The van der Waals surface area contributed by atoms with Crippen molar-refractivity contribution in [2.24, 2.45) is 5.16 Å². The maximum absolute atomic E-state index is 11.7. The lowest BCUT2D eigenvalue weighted by Crippen LogP contribution is -2.64. The van der Waals surface area contributed by atoms with Crippen LogP contribution in [0.25, 0.3) is 0 Å². The van der Waals surface area contributed by atoms with Crippen LogP contribution in [-0.2, 0) is 9.57 Å². The number of amides is 1. The van der Waals surface area contributed by atoms with E-state index in [1.807, 2.05) is 27.7 Å². The molecule has 0 unspecified atom stereocenters. The fourth-order valence-corrected chi connectivity index (χ4v) is 1.98. The summed E-state index contributed by atoms with van der Waals surface area (Å²) in [5, 5.41) is 3.92. The molecule has 1 saturated heterocycles. The first-order chi connectivity index (χ1) is 7.30. The fourth-order valence-electron chi connectivity index (χ4n) is 1.98. The van der Waals surface area contributed by atoms with Crippen LogP contribution in [0.5, 0.6) is 0 Å². The van der Waals surface area contributed by atoms with Gasteiger partial charge in [-0.05, 0) is 27.7 Å². The first-order valence-electron chi connectivity index (χ1n) is 5.49. The topological polar surface area (TPSA) is 51.1 Å². The number of carbonyl (C=O) groups excluding carboxylic acids is 1. The molecule has 0 atom stereocenters. The molecule has 5 heteroatoms. The Labute approximate surface area is 95.4 Å². The molecule has 2 heterocycles. The van der Waals surface area contributed by atoms with Crippen LogP contribution < -0.4 is 0 Å². The van der Waals surface area contributed by atoms with Crippen molar-refractivity contribution in [3.8, 4) is 0 Å². The SMILES string of the molecule is CC1=NOC2(C1)CN(C(=O)OC(C)(C)C)C2. The average Bonchev–Trinajstić information content (AvgIpc) is 2.41. The van der Waals surface area contributed by atoms with Gasteiger partial charge in [0.05, 0.1) is 18.8 Å². The van der Waals surface area contributed by atoms with Gasteiger partial charge in [-0.3, -0.25) is 4.90 Å². The molecule has 0 bridgehead atoms. The van der Waals surface area contributed by atoms with Crippen LogP contribution in [0.1, 0.15) is 34.1 Å². The Kier molecular flexibility index (Phi) is 2.36. The number of hydrogen-bond acceptors (Lipinski definition) is 4. The van der Waals surface area contributed by atoms with Crippen molar-refractivity contribution in [2.45, 2.75) is 45.3 Å². The van der Waals surface area contributed by atoms with Gasteiger partial charge in [-0.2, -0.15) is 0 Å². The summed E-state index contributed by atoms with van der Waals surface area (Å²) in [5.74, 6) is 0. The second-order valence-electron chi connectivity index (χ2n) is 5.61. The Morgan fingerprint density at radius 2 is 2.12 bits per heavy atom. The molecular weight excluding hydrogens is 208 g/mol. The van der Waals surface area contributed by atoms with Gasteiger partial charge in [0.2, 0.25) is 0 Å². The van der Waals surface area contributed by atoms with Crippen LogP contribution >= 0.6 is 0 Å². The Morgan fingerprint density at radius 3 is 2.56 bits per heavy atom. The number of oxime groups is 1. The van der Waals surface area contributed by atoms with Gasteiger partial charge < -0.3 is 9.57 Å². The quantitative estimate of drug-likeness (QED) is 0.632. The Morgan fingerprint density at radius 1 is 1.50 bits per heavy atom. The number of rotatable bonds is 0. The Hall–Kier alpha value is -1.26. The summed E-state index contributed by atoms with van der Waals surface area (Å²) in [5.41, 5.74) is 0.285. The number of likely N-dealkylation sites (tertiary alicyclic amines) is 1. The van der Waals surface area contributed by atoms with Crippen molar-refractivity contribution >= 4 is 11.8 Å². The first-order valence-corrected chi connectivity index (χ1v) is 5.49. The number of nitrogens with zero attached hydrogens (tertiary/aromatic N) is 2. The summed E-state index contributed by atoms with van der Waals surface area (Å²) in [6.45, 7) is 8.66. The summed E-state index contributed by atoms with van der Waals surface area (Å²) in [6.07, 6.45) is 0.540. The largest absolute Gasteiger partial charge is 0.444 e. The minimum Gasteiger partial charge on any atom is -0.444 e. The normalized spacial score (nSPS) is 22.5. The molecule has 2 aliphatic rings. The molecule has 5 nitrogen and oxygen atoms in total. The molecule has 1 fully saturated rings. The van der Waals surface area contributed by atoms with Crippen molar-refractivity contribution in [1.82, 2.24) is 4.90 Å². The van der Waals surface area contributed by atoms with Crippen LogP contribution in [0.15, 0.2) is 5.16 Å². The zero-order valence-electron chi connectivity index (χ0n) is 10.2. The first kappa shape index (κ1) is 11.2. The third-order valence-corrected chi connectivity index (χ3v) is 2.58. The van der Waals surface area contributed by atoms with E-state index in [1.54, 1.807) is 4.90 Å². The third kappa shape index (κ3) is 2.13. The van der Waals surface area contributed by atoms with Gasteiger partial charge >= 0.3 is 6.09 Å². The van der Waals surface area contributed by atoms with Crippen molar-refractivity contribution < 1.29 is 14.4 Å². The highest BCUT2D eigenvalue weighted by Crippen LogP contribution is 2.34. The second kappa shape index (κ2) is 3.37. The van der Waals surface area contributed by atoms with E-state index in [1.165, 1.54) is 0 Å². The summed E-state index contributed by atoms with van der Waals surface area (Å²) in [6, 6.07) is 0. The van der Waals surface area contributed by atoms with Crippen LogP contribution in [0.2, 0.25) is 0 Å². The van der Waals surface area contributed by atoms with E-state index in [-0.39, 0.29) is 11.7 Å². The van der Waals surface area contributed by atoms with Crippen LogP contribution in [0, 0.1) is 0 Å². The number of hydrogen-bond donors (Lipinski definition) is 0. The lowest BCUT2D eigenvalue weighted by Gasteiger charge is -2.45. The van der Waals surface area contributed by atoms with Crippen LogP contribution in [0.3, 0.4) is 0 Å². The maximum atomic E-state index is 11.7. The summed E-state index contributed by atoms with van der Waals surface area (Å²) in [4.78, 5) is 18.7. The van der Waals surface area contributed by atoms with Crippen LogP contribution in [-0.4, -0.2) is 41.0 Å². The van der Waals surface area contributed by atoms with E-state index in [9.17, 15) is 4.79 Å². The van der Waals surface area contributed by atoms with Gasteiger partial charge in [-0.15, -0.1) is 0 Å². The van der Waals surface area contributed by atoms with Crippen LogP contribution in [0.4, 0.5) is 4.79 Å². The molecule has 2 rings (SSSR count). The maximum Gasteiger partial charge on any atom is 0.410 e. The molecule has 0 N–H and O–H groups in total. The predicted molar refractivity (Wildman–Crippen MR) is 59.3 cm³/mol. The molecule has 0 aromatic rings. The smallest absolute Gasteiger partial charge is 0.410 e. The summed E-state index contributed by atoms with van der Waals surface area (Å²) in [7, 11) is 0. The minimum atomic E-state index is -0.442. The molecule has 0 saturated carbocycles. The highest BCUT2D eigenvalue weighted by molar-refractivity contribution is 5.84. The Balaban J connectivity index is 1.83. The molecule has 1 spiro atoms. The van der Waals surface area contributed by atoms with Gasteiger partial charge in [0.15, 0.2) is 5.60 Å². The highest BCUT2D eigenvalue weighted by Gasteiger charge is 2.51. The molecule has 0 aromatic carbocycles. The van der Waals surface area contributed by atoms with Gasteiger partial charge in [0.1, 0.15) is 5.60 Å². The van der Waals surface area contributed by atoms with Crippen molar-refractivity contribution in [1.29, 1.82) is 0 Å². The van der Waals surface area contributed by atoms with E-state index in [0.717, 1.165) is 12.1 Å². The van der Waals surface area contributed by atoms with E-state index >= 15 is 0 Å². The monoisotopic (exact) mass is 226 g/mol. The predicted octanol–water partition coefficient (Wildman–Crippen LogP) is 1.77. The third-order valence-electron chi connectivity index (χ3n) is 2.58. The molecule has 16 heavy (non-hydrogen) atoms. The van der Waals surface area contributed by atoms with Gasteiger partial charge in [0.25, 0.3) is 0 Å². The van der Waals surface area contributed by atoms with E-state index in [0.29, 0.717) is 13.1 Å². The molecule has 90 valence electrons. The van der Waals surface area contributed by atoms with E-state index in [4.69, 9.17) is 9.57 Å². The molecule has 0 radical (unpaired) electrons. The molecule has 0 aliphatic carbocycles. The number of carbonyl (C=O) groups is 1. The van der Waals surface area contributed by atoms with Gasteiger partial charge in [0, 0.05) is 6.42 Å². The van der Waals surface area contributed by atoms with Gasteiger partial charge in [-0.25, -0.2) is 4.79 Å². The van der Waals surface area contributed by atoms with Gasteiger partial charge in [-0.1, -0.05) is 5.16 Å². The zero-order chi connectivity index (χ0) is 12.0. The van der Waals surface area contributed by atoms with E-state index in [2.05, 4.69) is 5.16 Å². The number of ether oxygens (including phenoxy) is 1. The highest BCUT2D eigenvalue weighted by atomic mass is 16.7. The minimum absolute atomic E-state index is 0.263. The zero-order valence-corrected chi connectivity index (χ0v) is 10.2. The molecular formula is C11H18N2O3. The summed E-state index contributed by atoms with van der Waals surface area (Å²) >= 11 is 0. The van der Waals surface area contributed by atoms with Crippen molar-refractivity contribution in [3.05, 3.63) is 0 Å².